The predicted molar refractivity (Wildman–Crippen MR) is 93.1 cm³/mol. The van der Waals surface area contributed by atoms with Crippen molar-refractivity contribution in [3.05, 3.63) is 36.2 Å². The van der Waals surface area contributed by atoms with Crippen molar-refractivity contribution in [3.8, 4) is 23.3 Å². The quantitative estimate of drug-likeness (QED) is 0.777. The van der Waals surface area contributed by atoms with Crippen LogP contribution in [0.1, 0.15) is 16.8 Å². The Balaban J connectivity index is 1.67. The van der Waals surface area contributed by atoms with Crippen molar-refractivity contribution >= 4 is 5.91 Å². The molecule has 1 saturated heterocycles. The largest absolute Gasteiger partial charge is 0.493 e. The molecule has 1 aromatic heterocycles. The van der Waals surface area contributed by atoms with Gasteiger partial charge >= 0.3 is 0 Å². The first-order chi connectivity index (χ1) is 12.7. The van der Waals surface area contributed by atoms with E-state index in [-0.39, 0.29) is 12.0 Å². The summed E-state index contributed by atoms with van der Waals surface area (Å²) in [5.41, 5.74) is 0.542. The molecule has 2 heterocycles. The van der Waals surface area contributed by atoms with Gasteiger partial charge in [0.05, 0.1) is 27.9 Å². The van der Waals surface area contributed by atoms with Gasteiger partial charge in [-0.15, -0.1) is 0 Å². The van der Waals surface area contributed by atoms with Crippen LogP contribution in [-0.4, -0.2) is 61.3 Å². The third-order valence-electron chi connectivity index (χ3n) is 4.17. The number of benzene rings is 1. The summed E-state index contributed by atoms with van der Waals surface area (Å²) < 4.78 is 21.5. The Labute approximate surface area is 151 Å². The van der Waals surface area contributed by atoms with Crippen LogP contribution < -0.4 is 18.9 Å². The van der Waals surface area contributed by atoms with E-state index in [9.17, 15) is 4.79 Å². The topological polar surface area (TPSA) is 83.0 Å². The first kappa shape index (κ1) is 17.8. The molecule has 0 N–H and O–H groups in total. The van der Waals surface area contributed by atoms with Gasteiger partial charge in [-0.05, 0) is 18.2 Å². The number of likely N-dealkylation sites (tertiary alicyclic amines) is 1. The molecule has 1 aromatic carbocycles. The fourth-order valence-electron chi connectivity index (χ4n) is 2.85. The molecule has 1 unspecified atom stereocenters. The molecule has 8 heteroatoms. The second kappa shape index (κ2) is 7.90. The maximum atomic E-state index is 12.8. The minimum Gasteiger partial charge on any atom is -0.493 e. The predicted octanol–water partition coefficient (Wildman–Crippen LogP) is 1.80. The molecule has 8 nitrogen and oxygen atoms in total. The smallest absolute Gasteiger partial charge is 0.278 e. The average molecular weight is 359 g/mol. The van der Waals surface area contributed by atoms with Crippen LogP contribution in [0.4, 0.5) is 0 Å². The number of hydrogen-bond donors (Lipinski definition) is 0. The summed E-state index contributed by atoms with van der Waals surface area (Å²) in [7, 11) is 4.61. The van der Waals surface area contributed by atoms with E-state index < -0.39 is 0 Å². The summed E-state index contributed by atoms with van der Waals surface area (Å²) in [4.78, 5) is 22.7. The molecular weight excluding hydrogens is 338 g/mol. The molecule has 1 aliphatic rings. The summed E-state index contributed by atoms with van der Waals surface area (Å²) >= 11 is 0. The van der Waals surface area contributed by atoms with Gasteiger partial charge in [0.15, 0.2) is 11.5 Å². The van der Waals surface area contributed by atoms with E-state index in [4.69, 9.17) is 18.9 Å². The van der Waals surface area contributed by atoms with Gasteiger partial charge in [-0.2, -0.15) is 0 Å². The normalized spacial score (nSPS) is 16.3. The molecule has 138 valence electrons. The van der Waals surface area contributed by atoms with Crippen molar-refractivity contribution in [2.24, 2.45) is 0 Å². The first-order valence-electron chi connectivity index (χ1n) is 8.19. The van der Waals surface area contributed by atoms with Crippen molar-refractivity contribution < 1.29 is 23.7 Å². The number of rotatable bonds is 6. The molecule has 0 aliphatic carbocycles. The molecule has 2 aromatic rings. The van der Waals surface area contributed by atoms with Gasteiger partial charge in [-0.3, -0.25) is 4.79 Å². The Morgan fingerprint density at radius 2 is 1.77 bits per heavy atom. The van der Waals surface area contributed by atoms with Crippen LogP contribution in [0.25, 0.3) is 0 Å². The molecule has 1 atom stereocenters. The lowest BCUT2D eigenvalue weighted by atomic mass is 10.1. The van der Waals surface area contributed by atoms with Gasteiger partial charge in [0.1, 0.15) is 6.10 Å². The summed E-state index contributed by atoms with van der Waals surface area (Å²) in [6, 6.07) is 5.13. The van der Waals surface area contributed by atoms with Gasteiger partial charge in [0, 0.05) is 30.9 Å². The van der Waals surface area contributed by atoms with Crippen LogP contribution in [0.3, 0.4) is 0 Å². The van der Waals surface area contributed by atoms with Crippen LogP contribution in [0, 0.1) is 0 Å². The summed E-state index contributed by atoms with van der Waals surface area (Å²) in [6.45, 7) is 1.06. The minimum atomic E-state index is -0.162. The number of amides is 1. The maximum absolute atomic E-state index is 12.8. The number of carbonyl (C=O) groups excluding carboxylic acids is 1. The Kier molecular flexibility index (Phi) is 5.40. The standard InChI is InChI=1S/C18H21N3O5/c1-23-14-5-4-12(10-15(14)24-2)18(22)21-9-6-13(11-21)26-17-16(25-3)19-7-8-20-17/h4-5,7-8,10,13H,6,9,11H2,1-3H3. The monoisotopic (exact) mass is 359 g/mol. The van der Waals surface area contributed by atoms with E-state index in [0.717, 1.165) is 0 Å². The van der Waals surface area contributed by atoms with Gasteiger partial charge in [-0.1, -0.05) is 0 Å². The van der Waals surface area contributed by atoms with E-state index in [1.54, 1.807) is 43.5 Å². The highest BCUT2D eigenvalue weighted by molar-refractivity contribution is 5.95. The van der Waals surface area contributed by atoms with Crippen LogP contribution in [0.15, 0.2) is 30.6 Å². The first-order valence-corrected chi connectivity index (χ1v) is 8.19. The lowest BCUT2D eigenvalue weighted by Gasteiger charge is -2.18. The number of methoxy groups -OCH3 is 3. The van der Waals surface area contributed by atoms with E-state index in [1.807, 2.05) is 0 Å². The number of aromatic nitrogens is 2. The number of nitrogens with zero attached hydrogens (tertiary/aromatic N) is 3. The number of ether oxygens (including phenoxy) is 4. The second-order valence-electron chi connectivity index (χ2n) is 5.72. The molecule has 0 bridgehead atoms. The molecule has 26 heavy (non-hydrogen) atoms. The van der Waals surface area contributed by atoms with Crippen LogP contribution in [0.5, 0.6) is 23.3 Å². The van der Waals surface area contributed by atoms with Crippen LogP contribution >= 0.6 is 0 Å². The minimum absolute atomic E-state index is 0.0804. The van der Waals surface area contributed by atoms with Crippen molar-refractivity contribution in [1.82, 2.24) is 14.9 Å². The summed E-state index contributed by atoms with van der Waals surface area (Å²) in [6.07, 6.45) is 3.62. The zero-order valence-electron chi connectivity index (χ0n) is 15.0. The highest BCUT2D eigenvalue weighted by atomic mass is 16.5. The number of hydrogen-bond acceptors (Lipinski definition) is 7. The average Bonchev–Trinajstić information content (AvgIpc) is 3.15. The van der Waals surface area contributed by atoms with E-state index in [2.05, 4.69) is 9.97 Å². The van der Waals surface area contributed by atoms with Crippen molar-refractivity contribution in [2.45, 2.75) is 12.5 Å². The summed E-state index contributed by atoms with van der Waals surface area (Å²) in [5.74, 6) is 1.69. The molecule has 0 spiro atoms. The maximum Gasteiger partial charge on any atom is 0.278 e. The van der Waals surface area contributed by atoms with Gasteiger partial charge in [0.25, 0.3) is 17.7 Å². The van der Waals surface area contributed by atoms with E-state index in [0.29, 0.717) is 48.3 Å². The molecule has 0 radical (unpaired) electrons. The van der Waals surface area contributed by atoms with Crippen molar-refractivity contribution in [2.75, 3.05) is 34.4 Å². The highest BCUT2D eigenvalue weighted by Gasteiger charge is 2.29. The lowest BCUT2D eigenvalue weighted by molar-refractivity contribution is 0.0769. The Bertz CT molecular complexity index is 783. The molecule has 1 amide bonds. The van der Waals surface area contributed by atoms with E-state index >= 15 is 0 Å². The van der Waals surface area contributed by atoms with Gasteiger partial charge in [0.2, 0.25) is 0 Å². The molecule has 1 fully saturated rings. The third-order valence-corrected chi connectivity index (χ3v) is 4.17. The second-order valence-corrected chi connectivity index (χ2v) is 5.72. The zero-order chi connectivity index (χ0) is 18.5. The van der Waals surface area contributed by atoms with Crippen LogP contribution in [0.2, 0.25) is 0 Å². The van der Waals surface area contributed by atoms with Gasteiger partial charge < -0.3 is 23.8 Å². The molecular formula is C18H21N3O5. The Morgan fingerprint density at radius 3 is 2.46 bits per heavy atom. The molecule has 1 aliphatic heterocycles. The summed E-state index contributed by atoms with van der Waals surface area (Å²) in [5, 5.41) is 0. The van der Waals surface area contributed by atoms with E-state index in [1.165, 1.54) is 13.3 Å². The van der Waals surface area contributed by atoms with Crippen molar-refractivity contribution in [3.63, 3.8) is 0 Å². The van der Waals surface area contributed by atoms with Gasteiger partial charge in [-0.25, -0.2) is 9.97 Å². The Morgan fingerprint density at radius 1 is 1.04 bits per heavy atom. The molecule has 3 rings (SSSR count). The highest BCUT2D eigenvalue weighted by Crippen LogP contribution is 2.29. The molecule has 0 saturated carbocycles. The van der Waals surface area contributed by atoms with Crippen LogP contribution in [-0.2, 0) is 0 Å². The fraction of sp³-hybridized carbons (Fsp3) is 0.389. The SMILES string of the molecule is COc1ccc(C(=O)N2CCC(Oc3nccnc3OC)C2)cc1OC. The fourth-order valence-corrected chi connectivity index (χ4v) is 2.85. The lowest BCUT2D eigenvalue weighted by Crippen LogP contribution is -2.31. The third kappa shape index (κ3) is 3.63. The van der Waals surface area contributed by atoms with Crippen molar-refractivity contribution in [1.29, 1.82) is 0 Å². The Hall–Kier alpha value is -3.03. The zero-order valence-corrected chi connectivity index (χ0v) is 15.0. The number of carbonyl (C=O) groups is 1.